The minimum atomic E-state index is -8.66. The molecule has 1 aromatic rings. The van der Waals surface area contributed by atoms with Crippen LogP contribution in [0.15, 0.2) is 36.1 Å². The molecule has 0 spiro atoms. The lowest BCUT2D eigenvalue weighted by atomic mass is 9.91. The fourth-order valence-corrected chi connectivity index (χ4v) is 3.18. The number of carbonyl (C=O) groups excluding carboxylic acids is 1. The number of unbranched alkanes of at least 4 members (excludes halogenated alkanes) is 5. The Morgan fingerprint density at radius 1 is 0.644 bits per heavy atom. The maximum atomic E-state index is 13.9. The summed E-state index contributed by atoms with van der Waals surface area (Å²) < 4.78 is 235. The number of carbonyl (C=O) groups is 1. The molecule has 0 aliphatic carbocycles. The second-order valence-electron chi connectivity index (χ2n) is 9.19. The van der Waals surface area contributed by atoms with Crippen LogP contribution in [0, 0.1) is 0 Å². The van der Waals surface area contributed by atoms with Gasteiger partial charge in [0.1, 0.15) is 5.75 Å². The molecular weight excluding hydrogens is 673 g/mol. The monoisotopic (exact) mass is 695 g/mol. The number of amides is 1. The molecule has 0 saturated heterocycles. The fourth-order valence-electron chi connectivity index (χ4n) is 3.18. The number of allylic oxidation sites excluding steroid dienone is 1. The summed E-state index contributed by atoms with van der Waals surface area (Å²) in [6.45, 7) is 2.01. The van der Waals surface area contributed by atoms with Crippen LogP contribution in [0.2, 0.25) is 0 Å². The minimum absolute atomic E-state index is 0.000653. The van der Waals surface area contributed by atoms with Crippen LogP contribution in [0.25, 0.3) is 0 Å². The van der Waals surface area contributed by atoms with E-state index in [2.05, 4.69) is 10.1 Å². The van der Waals surface area contributed by atoms with Crippen molar-refractivity contribution < 1.29 is 88.9 Å². The second-order valence-corrected chi connectivity index (χ2v) is 9.19. The van der Waals surface area contributed by atoms with E-state index in [0.29, 0.717) is 18.6 Å². The largest absolute Gasteiger partial charge is 0.460 e. The van der Waals surface area contributed by atoms with Crippen molar-refractivity contribution in [2.24, 2.45) is 0 Å². The third-order valence-corrected chi connectivity index (χ3v) is 5.82. The van der Waals surface area contributed by atoms with Crippen molar-refractivity contribution in [1.29, 1.82) is 0 Å². The van der Waals surface area contributed by atoms with Gasteiger partial charge >= 0.3 is 53.8 Å². The molecule has 1 amide bonds. The van der Waals surface area contributed by atoms with Crippen molar-refractivity contribution in [2.75, 3.05) is 11.9 Å². The van der Waals surface area contributed by atoms with Gasteiger partial charge in [-0.15, -0.1) is 0 Å². The molecule has 1 aromatic carbocycles. The third-order valence-electron chi connectivity index (χ3n) is 5.82. The molecule has 0 bridgehead atoms. The average molecular weight is 695 g/mol. The van der Waals surface area contributed by atoms with Gasteiger partial charge in [0.05, 0.1) is 6.61 Å². The zero-order valence-electron chi connectivity index (χ0n) is 22.4. The predicted molar refractivity (Wildman–Crippen MR) is 120 cm³/mol. The molecule has 45 heavy (non-hydrogen) atoms. The summed E-state index contributed by atoms with van der Waals surface area (Å²) >= 11 is 0. The lowest BCUT2D eigenvalue weighted by Gasteiger charge is -2.41. The van der Waals surface area contributed by atoms with Crippen molar-refractivity contribution in [3.63, 3.8) is 0 Å². The molecule has 0 saturated carbocycles. The summed E-state index contributed by atoms with van der Waals surface area (Å²) in [6.07, 6.45) is -3.67. The van der Waals surface area contributed by atoms with E-state index < -0.39 is 65.4 Å². The third kappa shape index (κ3) is 7.98. The summed E-state index contributed by atoms with van der Waals surface area (Å²) in [5.74, 6) is -55.5. The first-order chi connectivity index (χ1) is 20.2. The Labute approximate surface area is 242 Å². The smallest absolute Gasteiger partial charge is 0.449 e. The first kappa shape index (κ1) is 39.9. The van der Waals surface area contributed by atoms with E-state index in [9.17, 15) is 79.4 Å². The average Bonchev–Trinajstić information content (AvgIpc) is 2.91. The highest BCUT2D eigenvalue weighted by Gasteiger charge is 2.93. The van der Waals surface area contributed by atoms with Crippen molar-refractivity contribution in [1.82, 2.24) is 0 Å². The van der Waals surface area contributed by atoms with E-state index in [4.69, 9.17) is 4.74 Å². The van der Waals surface area contributed by atoms with E-state index >= 15 is 0 Å². The number of halogens is 17. The van der Waals surface area contributed by atoms with Gasteiger partial charge in [0.2, 0.25) is 5.83 Å². The molecular formula is C24H22F17NO3. The number of anilines is 1. The summed E-state index contributed by atoms with van der Waals surface area (Å²) in [6, 6.07) is -1.01. The molecule has 0 aliphatic heterocycles. The maximum Gasteiger partial charge on any atom is 0.460 e. The molecule has 21 heteroatoms. The lowest BCUT2D eigenvalue weighted by molar-refractivity contribution is -0.451. The first-order valence-electron chi connectivity index (χ1n) is 12.3. The van der Waals surface area contributed by atoms with Gasteiger partial charge < -0.3 is 9.47 Å². The van der Waals surface area contributed by atoms with Crippen LogP contribution in [0.3, 0.4) is 0 Å². The number of nitrogens with one attached hydrogen (secondary N) is 1. The first-order valence-corrected chi connectivity index (χ1v) is 12.3. The molecule has 1 rings (SSSR count). The Balaban J connectivity index is 3.10. The van der Waals surface area contributed by atoms with Gasteiger partial charge in [0.25, 0.3) is 0 Å². The Morgan fingerprint density at radius 3 is 1.58 bits per heavy atom. The number of hydrogen-bond donors (Lipinski definition) is 1. The van der Waals surface area contributed by atoms with Gasteiger partial charge in [-0.25, -0.2) is 4.79 Å². The van der Waals surface area contributed by atoms with Crippen LogP contribution in [-0.2, 0) is 4.74 Å². The van der Waals surface area contributed by atoms with Crippen LogP contribution < -0.4 is 10.1 Å². The zero-order chi connectivity index (χ0) is 35.3. The van der Waals surface area contributed by atoms with Gasteiger partial charge in [-0.3, -0.25) is 5.32 Å². The van der Waals surface area contributed by atoms with Crippen LogP contribution in [0.5, 0.6) is 5.75 Å². The molecule has 4 nitrogen and oxygen atoms in total. The Morgan fingerprint density at radius 2 is 1.09 bits per heavy atom. The standard InChI is InChI=1S/C24H22F17NO3/c1-2-3-4-5-6-7-12-44-17(43)42-13-8-10-14(11-9-13)45-16(26)15(25)18(27,28)19(29,30)20(31,32)21(33,34)22(35,36)23(37,38)24(39,40)41/h8-11H,2-7,12H2,1H3,(H,42,43). The predicted octanol–water partition coefficient (Wildman–Crippen LogP) is 10.5. The Hall–Kier alpha value is -3.16. The number of hydrogen-bond acceptors (Lipinski definition) is 3. The summed E-state index contributed by atoms with van der Waals surface area (Å²) in [4.78, 5) is 11.7. The summed E-state index contributed by atoms with van der Waals surface area (Å²) in [7, 11) is 0. The van der Waals surface area contributed by atoms with E-state index in [1.807, 2.05) is 6.92 Å². The molecule has 0 aromatic heterocycles. The maximum absolute atomic E-state index is 13.9. The molecule has 0 radical (unpaired) electrons. The molecule has 0 fully saturated rings. The summed E-state index contributed by atoms with van der Waals surface area (Å²) in [5, 5.41) is 2.11. The SMILES string of the molecule is CCCCCCCCOC(=O)Nc1ccc(OC(F)=C(F)C(F)(F)C(F)(F)C(F)(F)C(F)(F)C(F)(F)C(F)(F)C(F)(F)F)cc1. The number of ether oxygens (including phenoxy) is 2. The van der Waals surface area contributed by atoms with Crippen LogP contribution in [0.1, 0.15) is 45.4 Å². The van der Waals surface area contributed by atoms with Crippen molar-refractivity contribution in [3.8, 4) is 5.75 Å². The summed E-state index contributed by atoms with van der Waals surface area (Å²) in [5.41, 5.74) is -0.185. The normalized spacial score (nSPS) is 14.6. The zero-order valence-corrected chi connectivity index (χ0v) is 22.4. The van der Waals surface area contributed by atoms with E-state index in [1.165, 1.54) is 0 Å². The van der Waals surface area contributed by atoms with Crippen LogP contribution in [-0.4, -0.2) is 54.4 Å². The molecule has 0 unspecified atom stereocenters. The Kier molecular flexibility index (Phi) is 12.5. The van der Waals surface area contributed by atoms with Crippen molar-refractivity contribution >= 4 is 11.8 Å². The Bertz CT molecular complexity index is 1160. The highest BCUT2D eigenvalue weighted by Crippen LogP contribution is 2.63. The van der Waals surface area contributed by atoms with Gasteiger partial charge in [-0.1, -0.05) is 39.0 Å². The number of benzene rings is 1. The van der Waals surface area contributed by atoms with Crippen LogP contribution in [0.4, 0.5) is 85.1 Å². The van der Waals surface area contributed by atoms with E-state index in [0.717, 1.165) is 44.2 Å². The quantitative estimate of drug-likeness (QED) is 0.106. The van der Waals surface area contributed by atoms with Crippen LogP contribution >= 0.6 is 0 Å². The topological polar surface area (TPSA) is 47.6 Å². The lowest BCUT2D eigenvalue weighted by Crippen LogP contribution is -2.72. The fraction of sp³-hybridized carbons (Fsp3) is 0.625. The van der Waals surface area contributed by atoms with Crippen molar-refractivity contribution in [2.45, 2.75) is 87.2 Å². The highest BCUT2D eigenvalue weighted by molar-refractivity contribution is 5.84. The molecule has 0 atom stereocenters. The molecule has 0 heterocycles. The van der Waals surface area contributed by atoms with E-state index in [-0.39, 0.29) is 12.3 Å². The van der Waals surface area contributed by atoms with Gasteiger partial charge in [0.15, 0.2) is 0 Å². The van der Waals surface area contributed by atoms with E-state index in [1.54, 1.807) is 0 Å². The highest BCUT2D eigenvalue weighted by atomic mass is 19.4. The molecule has 1 N–H and O–H groups in total. The number of alkyl halides is 15. The van der Waals surface area contributed by atoms with Gasteiger partial charge in [-0.2, -0.15) is 74.6 Å². The molecule has 260 valence electrons. The molecule has 0 aliphatic rings. The minimum Gasteiger partial charge on any atom is -0.449 e. The van der Waals surface area contributed by atoms with Gasteiger partial charge in [0, 0.05) is 5.69 Å². The van der Waals surface area contributed by atoms with Crippen molar-refractivity contribution in [3.05, 3.63) is 36.1 Å². The second kappa shape index (κ2) is 14.1. The number of rotatable bonds is 16. The van der Waals surface area contributed by atoms with Gasteiger partial charge in [-0.05, 0) is 30.7 Å².